The highest BCUT2D eigenvalue weighted by Gasteiger charge is 1.76. The van der Waals surface area contributed by atoms with Crippen LogP contribution in [0.2, 0.25) is 0 Å². The predicted octanol–water partition coefficient (Wildman–Crippen LogP) is 3.28. The van der Waals surface area contributed by atoms with Gasteiger partial charge in [0.2, 0.25) is 0 Å². The van der Waals surface area contributed by atoms with Crippen molar-refractivity contribution in [3.63, 3.8) is 0 Å². The van der Waals surface area contributed by atoms with Gasteiger partial charge in [-0.25, -0.2) is 0 Å². The molecular weight excluding hydrogens is 136 g/mol. The standard InChI is InChI=1S/C10H18O/c1-3-4-5-6-7-8-9-10-11-2/h6-7,9-10H,3-5,8H2,1-2H3/b7-6+,10-9-. The summed E-state index contributed by atoms with van der Waals surface area (Å²) in [5.74, 6) is 0. The predicted molar refractivity (Wildman–Crippen MR) is 49.4 cm³/mol. The summed E-state index contributed by atoms with van der Waals surface area (Å²) in [7, 11) is 1.66. The number of allylic oxidation sites excluding steroid dienone is 3. The van der Waals surface area contributed by atoms with Crippen LogP contribution in [-0.4, -0.2) is 7.11 Å². The molecule has 0 bridgehead atoms. The third-order valence-corrected chi connectivity index (χ3v) is 1.40. The van der Waals surface area contributed by atoms with Gasteiger partial charge in [-0.05, 0) is 18.9 Å². The molecule has 11 heavy (non-hydrogen) atoms. The Morgan fingerprint density at radius 2 is 2.00 bits per heavy atom. The fourth-order valence-corrected chi connectivity index (χ4v) is 0.766. The number of unbranched alkanes of at least 4 members (excludes halogenated alkanes) is 2. The van der Waals surface area contributed by atoms with Gasteiger partial charge in [-0.1, -0.05) is 31.9 Å². The molecule has 0 N–H and O–H groups in total. The van der Waals surface area contributed by atoms with Crippen LogP contribution < -0.4 is 0 Å². The van der Waals surface area contributed by atoms with Crippen LogP contribution in [0.4, 0.5) is 0 Å². The van der Waals surface area contributed by atoms with Crippen molar-refractivity contribution in [2.75, 3.05) is 7.11 Å². The lowest BCUT2D eigenvalue weighted by Crippen LogP contribution is -1.67. The van der Waals surface area contributed by atoms with Crippen molar-refractivity contribution >= 4 is 0 Å². The molecule has 0 atom stereocenters. The van der Waals surface area contributed by atoms with Gasteiger partial charge in [0, 0.05) is 0 Å². The minimum absolute atomic E-state index is 0.984. The first-order valence-corrected chi connectivity index (χ1v) is 4.24. The van der Waals surface area contributed by atoms with Crippen LogP contribution in [0.1, 0.15) is 32.6 Å². The minimum Gasteiger partial charge on any atom is -0.505 e. The van der Waals surface area contributed by atoms with Gasteiger partial charge >= 0.3 is 0 Å². The number of rotatable bonds is 6. The second kappa shape index (κ2) is 9.28. The van der Waals surface area contributed by atoms with Crippen LogP contribution in [0.15, 0.2) is 24.5 Å². The second-order valence-electron chi connectivity index (χ2n) is 2.46. The summed E-state index contributed by atoms with van der Waals surface area (Å²) in [5.41, 5.74) is 0. The third-order valence-electron chi connectivity index (χ3n) is 1.40. The SMILES string of the molecule is CCCC/C=C/C/C=C\OC. The quantitative estimate of drug-likeness (QED) is 0.324. The molecule has 0 aromatic heterocycles. The molecule has 0 amide bonds. The van der Waals surface area contributed by atoms with Crippen LogP contribution >= 0.6 is 0 Å². The molecule has 1 heteroatoms. The summed E-state index contributed by atoms with van der Waals surface area (Å²) in [6.07, 6.45) is 12.9. The molecule has 0 rings (SSSR count). The molecule has 0 aliphatic heterocycles. The summed E-state index contributed by atoms with van der Waals surface area (Å²) in [6, 6.07) is 0. The number of hydrogen-bond acceptors (Lipinski definition) is 1. The van der Waals surface area contributed by atoms with Crippen molar-refractivity contribution in [3.8, 4) is 0 Å². The minimum atomic E-state index is 0.984. The Kier molecular flexibility index (Phi) is 8.67. The molecule has 1 nitrogen and oxygen atoms in total. The van der Waals surface area contributed by atoms with Crippen LogP contribution in [0, 0.1) is 0 Å². The molecule has 0 unspecified atom stereocenters. The highest BCUT2D eigenvalue weighted by atomic mass is 16.5. The Hall–Kier alpha value is -0.720. The van der Waals surface area contributed by atoms with E-state index in [0.717, 1.165) is 6.42 Å². The van der Waals surface area contributed by atoms with Crippen molar-refractivity contribution in [3.05, 3.63) is 24.5 Å². The monoisotopic (exact) mass is 154 g/mol. The van der Waals surface area contributed by atoms with Gasteiger partial charge in [0.1, 0.15) is 0 Å². The molecule has 64 valence electrons. The first kappa shape index (κ1) is 10.3. The Morgan fingerprint density at radius 3 is 2.64 bits per heavy atom. The summed E-state index contributed by atoms with van der Waals surface area (Å²) >= 11 is 0. The molecule has 0 saturated carbocycles. The zero-order chi connectivity index (χ0) is 8.36. The average Bonchev–Trinajstić information content (AvgIpc) is 2.03. The van der Waals surface area contributed by atoms with Gasteiger partial charge in [-0.15, -0.1) is 0 Å². The van der Waals surface area contributed by atoms with E-state index in [-0.39, 0.29) is 0 Å². The van der Waals surface area contributed by atoms with Gasteiger partial charge in [-0.3, -0.25) is 0 Å². The van der Waals surface area contributed by atoms with E-state index in [2.05, 4.69) is 19.1 Å². The van der Waals surface area contributed by atoms with Gasteiger partial charge in [0.15, 0.2) is 0 Å². The molecule has 0 aliphatic carbocycles. The number of hydrogen-bond donors (Lipinski definition) is 0. The average molecular weight is 154 g/mol. The van der Waals surface area contributed by atoms with Gasteiger partial charge in [-0.2, -0.15) is 0 Å². The maximum absolute atomic E-state index is 4.76. The second-order valence-corrected chi connectivity index (χ2v) is 2.46. The fourth-order valence-electron chi connectivity index (χ4n) is 0.766. The smallest absolute Gasteiger partial charge is 0.0787 e. The highest BCUT2D eigenvalue weighted by molar-refractivity contribution is 4.89. The van der Waals surface area contributed by atoms with E-state index in [4.69, 9.17) is 4.74 Å². The van der Waals surface area contributed by atoms with Crippen LogP contribution in [0.25, 0.3) is 0 Å². The summed E-state index contributed by atoms with van der Waals surface area (Å²) in [4.78, 5) is 0. The van der Waals surface area contributed by atoms with Gasteiger partial charge in [0.05, 0.1) is 13.4 Å². The first-order chi connectivity index (χ1) is 5.41. The Bertz CT molecular complexity index is 114. The van der Waals surface area contributed by atoms with E-state index in [1.54, 1.807) is 13.4 Å². The lowest BCUT2D eigenvalue weighted by Gasteiger charge is -1.87. The number of methoxy groups -OCH3 is 1. The Morgan fingerprint density at radius 1 is 1.18 bits per heavy atom. The molecule has 0 heterocycles. The van der Waals surface area contributed by atoms with Gasteiger partial charge in [0.25, 0.3) is 0 Å². The summed E-state index contributed by atoms with van der Waals surface area (Å²) < 4.78 is 4.76. The first-order valence-electron chi connectivity index (χ1n) is 4.24. The van der Waals surface area contributed by atoms with Crippen molar-refractivity contribution in [1.29, 1.82) is 0 Å². The molecular formula is C10H18O. The van der Waals surface area contributed by atoms with Crippen LogP contribution in [-0.2, 0) is 4.74 Å². The molecule has 0 saturated heterocycles. The van der Waals surface area contributed by atoms with E-state index in [9.17, 15) is 0 Å². The summed E-state index contributed by atoms with van der Waals surface area (Å²) in [6.45, 7) is 2.21. The van der Waals surface area contributed by atoms with E-state index in [1.807, 2.05) is 6.08 Å². The largest absolute Gasteiger partial charge is 0.505 e. The van der Waals surface area contributed by atoms with Crippen LogP contribution in [0.3, 0.4) is 0 Å². The normalized spacial score (nSPS) is 11.5. The van der Waals surface area contributed by atoms with Gasteiger partial charge < -0.3 is 4.74 Å². The van der Waals surface area contributed by atoms with E-state index in [0.29, 0.717) is 0 Å². The molecule has 0 aromatic carbocycles. The van der Waals surface area contributed by atoms with E-state index in [1.165, 1.54) is 19.3 Å². The Labute approximate surface area is 69.8 Å². The highest BCUT2D eigenvalue weighted by Crippen LogP contribution is 1.96. The van der Waals surface area contributed by atoms with Crippen molar-refractivity contribution in [2.24, 2.45) is 0 Å². The maximum Gasteiger partial charge on any atom is 0.0787 e. The lowest BCUT2D eigenvalue weighted by atomic mass is 10.2. The molecule has 0 radical (unpaired) electrons. The molecule has 0 fully saturated rings. The van der Waals surface area contributed by atoms with E-state index < -0.39 is 0 Å². The fraction of sp³-hybridized carbons (Fsp3) is 0.600. The zero-order valence-corrected chi connectivity index (χ0v) is 7.55. The van der Waals surface area contributed by atoms with E-state index >= 15 is 0 Å². The zero-order valence-electron chi connectivity index (χ0n) is 7.55. The third kappa shape index (κ3) is 9.28. The van der Waals surface area contributed by atoms with Crippen LogP contribution in [0.5, 0.6) is 0 Å². The van der Waals surface area contributed by atoms with Crippen molar-refractivity contribution in [1.82, 2.24) is 0 Å². The topological polar surface area (TPSA) is 9.23 Å². The van der Waals surface area contributed by atoms with Crippen molar-refractivity contribution < 1.29 is 4.74 Å². The maximum atomic E-state index is 4.76. The number of ether oxygens (including phenoxy) is 1. The molecule has 0 aliphatic rings. The Balaban J connectivity index is 3.09. The lowest BCUT2D eigenvalue weighted by molar-refractivity contribution is 0.337. The summed E-state index contributed by atoms with van der Waals surface area (Å²) in [5, 5.41) is 0. The molecule has 0 spiro atoms. The van der Waals surface area contributed by atoms with Crippen molar-refractivity contribution in [2.45, 2.75) is 32.6 Å². The molecule has 0 aromatic rings.